The topological polar surface area (TPSA) is 103 Å². The molecule has 1 fully saturated rings. The number of hydrogen-bond donors (Lipinski definition) is 2. The lowest BCUT2D eigenvalue weighted by molar-refractivity contribution is 0.104. The van der Waals surface area contributed by atoms with E-state index < -0.39 is 0 Å². The van der Waals surface area contributed by atoms with Crippen LogP contribution in [0.1, 0.15) is 61.0 Å². The minimum absolute atomic E-state index is 0. The molecule has 2 unspecified atom stereocenters. The van der Waals surface area contributed by atoms with Crippen LogP contribution in [-0.2, 0) is 6.54 Å². The summed E-state index contributed by atoms with van der Waals surface area (Å²) in [5, 5.41) is 3.10. The normalized spacial score (nSPS) is 18.3. The Morgan fingerprint density at radius 3 is 2.68 bits per heavy atom. The Labute approximate surface area is 201 Å². The van der Waals surface area contributed by atoms with Crippen LogP contribution < -0.4 is 16.6 Å². The maximum Gasteiger partial charge on any atom is 0.250 e. The number of nitrogens with one attached hydrogen (secondary N) is 1. The van der Waals surface area contributed by atoms with Crippen molar-refractivity contribution in [1.29, 1.82) is 0 Å². The van der Waals surface area contributed by atoms with Gasteiger partial charge in [0.25, 0.3) is 5.56 Å². The van der Waals surface area contributed by atoms with E-state index >= 15 is 0 Å². The summed E-state index contributed by atoms with van der Waals surface area (Å²) in [6.45, 7) is 4.73. The van der Waals surface area contributed by atoms with Gasteiger partial charge in [-0.1, -0.05) is 31.2 Å². The second-order valence-corrected chi connectivity index (χ2v) is 9.12. The second-order valence-electron chi connectivity index (χ2n) is 9.12. The van der Waals surface area contributed by atoms with Crippen molar-refractivity contribution < 1.29 is 6.22 Å². The summed E-state index contributed by atoms with van der Waals surface area (Å²) in [6.07, 6.45) is 7.99. The predicted molar refractivity (Wildman–Crippen MR) is 136 cm³/mol. The van der Waals surface area contributed by atoms with Gasteiger partial charge in [-0.05, 0) is 56.3 Å². The van der Waals surface area contributed by atoms with Crippen molar-refractivity contribution in [2.45, 2.75) is 45.7 Å². The van der Waals surface area contributed by atoms with Crippen molar-refractivity contribution in [1.82, 2.24) is 19.9 Å². The van der Waals surface area contributed by atoms with Gasteiger partial charge >= 0.3 is 0 Å². The van der Waals surface area contributed by atoms with Crippen LogP contribution in [0, 0.1) is 12.8 Å². The number of hydrogen-bond acceptors (Lipinski definition) is 6. The summed E-state index contributed by atoms with van der Waals surface area (Å²) < 4.78 is 1.80. The summed E-state index contributed by atoms with van der Waals surface area (Å²) in [4.78, 5) is 34.5. The fourth-order valence-electron chi connectivity index (χ4n) is 4.50. The zero-order chi connectivity index (χ0) is 24.2. The quantitative estimate of drug-likeness (QED) is 0.407. The average molecular weight is 460 g/mol. The number of nitrogens with zero attached hydrogens (tertiary/aromatic N) is 3. The molecule has 34 heavy (non-hydrogen) atoms. The van der Waals surface area contributed by atoms with Gasteiger partial charge in [0.05, 0.1) is 17.6 Å². The van der Waals surface area contributed by atoms with E-state index in [0.29, 0.717) is 23.0 Å². The monoisotopic (exact) mass is 459 g/mol. The number of carbonyl (C=O) groups is 1. The molecular weight excluding hydrogens is 426 g/mol. The third-order valence-corrected chi connectivity index (χ3v) is 6.44. The van der Waals surface area contributed by atoms with E-state index in [0.717, 1.165) is 42.5 Å². The molecule has 3 N–H and O–H groups in total. The van der Waals surface area contributed by atoms with Crippen LogP contribution in [0.2, 0.25) is 0 Å². The number of aromatic nitrogens is 3. The van der Waals surface area contributed by atoms with Gasteiger partial charge in [0.15, 0.2) is 0 Å². The summed E-state index contributed by atoms with van der Waals surface area (Å²) in [5.41, 5.74) is 10.6. The zero-order valence-electron chi connectivity index (χ0n) is 19.9. The Bertz CT molecular complexity index is 1280. The number of pyridine rings is 1. The van der Waals surface area contributed by atoms with E-state index in [1.807, 2.05) is 37.5 Å². The Hall–Kier alpha value is -3.58. The van der Waals surface area contributed by atoms with Crippen LogP contribution in [0.3, 0.4) is 0 Å². The average Bonchev–Trinajstić information content (AvgIpc) is 3.26. The molecule has 0 saturated heterocycles. The van der Waals surface area contributed by atoms with Crippen LogP contribution in [0.25, 0.3) is 17.0 Å². The lowest BCUT2D eigenvalue weighted by Crippen LogP contribution is -2.22. The van der Waals surface area contributed by atoms with Crippen LogP contribution in [0.5, 0.6) is 0 Å². The molecule has 178 valence electrons. The first-order valence-corrected chi connectivity index (χ1v) is 11.7. The highest BCUT2D eigenvalue weighted by atomic mass is 16.1. The molecule has 7 nitrogen and oxygen atoms in total. The van der Waals surface area contributed by atoms with Crippen LogP contribution >= 0.6 is 0 Å². The van der Waals surface area contributed by atoms with E-state index in [4.69, 9.17) is 5.73 Å². The number of nitrogens with two attached hydrogens (primary N) is 1. The number of aryl methyl sites for hydroxylation is 1. The molecule has 1 aliphatic carbocycles. The van der Waals surface area contributed by atoms with Gasteiger partial charge in [0.2, 0.25) is 5.78 Å². The molecule has 4 rings (SSSR count). The maximum atomic E-state index is 13.0. The molecule has 0 bridgehead atoms. The third-order valence-electron chi connectivity index (χ3n) is 6.44. The van der Waals surface area contributed by atoms with Crippen molar-refractivity contribution in [3.8, 4) is 11.3 Å². The number of carbonyl (C=O) groups excluding carboxylic acids is 1. The lowest BCUT2D eigenvalue weighted by Gasteiger charge is -2.15. The van der Waals surface area contributed by atoms with E-state index in [9.17, 15) is 9.59 Å². The summed E-state index contributed by atoms with van der Waals surface area (Å²) >= 11 is 0. The lowest BCUT2D eigenvalue weighted by atomic mass is 10.1. The Morgan fingerprint density at radius 2 is 2.00 bits per heavy atom. The van der Waals surface area contributed by atoms with Crippen molar-refractivity contribution in [3.05, 3.63) is 87.7 Å². The molecule has 1 saturated carbocycles. The van der Waals surface area contributed by atoms with Crippen LogP contribution in [0.15, 0.2) is 59.7 Å². The number of benzene rings is 1. The highest BCUT2D eigenvalue weighted by Crippen LogP contribution is 2.33. The predicted octanol–water partition coefficient (Wildman–Crippen LogP) is 4.12. The number of allylic oxidation sites excluding steroid dienone is 1. The van der Waals surface area contributed by atoms with Gasteiger partial charge in [-0.3, -0.25) is 14.6 Å². The molecule has 2 atom stereocenters. The second kappa shape index (κ2) is 10.1. The highest BCUT2D eigenvalue weighted by molar-refractivity contribution is 6.07. The minimum atomic E-state index is -0.304. The van der Waals surface area contributed by atoms with E-state index in [-0.39, 0.29) is 24.5 Å². The first kappa shape index (κ1) is 23.6. The largest absolute Gasteiger partial charge is 0.398 e. The van der Waals surface area contributed by atoms with Gasteiger partial charge in [-0.15, -0.1) is 0 Å². The zero-order valence-corrected chi connectivity index (χ0v) is 19.9. The van der Waals surface area contributed by atoms with Crippen molar-refractivity contribution >= 4 is 11.5 Å². The first-order chi connectivity index (χ1) is 16.4. The maximum absolute atomic E-state index is 13.0. The summed E-state index contributed by atoms with van der Waals surface area (Å²) in [5.74, 6) is 0.308. The molecule has 3 aromatic rings. The molecular formula is C27H33N5O2. The molecule has 0 radical (unpaired) electrons. The number of ketones is 1. The Morgan fingerprint density at radius 1 is 1.24 bits per heavy atom. The van der Waals surface area contributed by atoms with Gasteiger partial charge in [0.1, 0.15) is 5.69 Å². The molecule has 7 heteroatoms. The Kier molecular flexibility index (Phi) is 7.03. The molecule has 1 aromatic carbocycles. The van der Waals surface area contributed by atoms with Crippen molar-refractivity contribution in [2.75, 3.05) is 7.05 Å². The van der Waals surface area contributed by atoms with Gasteiger partial charge in [-0.25, -0.2) is 4.98 Å². The molecule has 0 spiro atoms. The van der Waals surface area contributed by atoms with Gasteiger partial charge in [-0.2, -0.15) is 0 Å². The van der Waals surface area contributed by atoms with Gasteiger partial charge in [0, 0.05) is 43.6 Å². The van der Waals surface area contributed by atoms with Gasteiger partial charge < -0.3 is 15.6 Å². The smallest absolute Gasteiger partial charge is 0.250 e. The fourth-order valence-corrected chi connectivity index (χ4v) is 4.50. The number of rotatable bonds is 7. The summed E-state index contributed by atoms with van der Waals surface area (Å²) in [7, 11) is 1.89. The molecule has 1 aliphatic rings. The first-order valence-electron chi connectivity index (χ1n) is 11.7. The summed E-state index contributed by atoms with van der Waals surface area (Å²) in [6, 6.07) is 11.2. The SMILES string of the molecule is CNCc1ccc(C(N)=CC(=O)c2nc(-c3ccc(=O)n(C4CCC(C)C4)c3)cnc2C)cc1.[HH]. The van der Waals surface area contributed by atoms with Crippen LogP contribution in [0.4, 0.5) is 0 Å². The highest BCUT2D eigenvalue weighted by Gasteiger charge is 2.24. The third kappa shape index (κ3) is 5.15. The van der Waals surface area contributed by atoms with E-state index in [1.165, 1.54) is 6.08 Å². The van der Waals surface area contributed by atoms with Crippen LogP contribution in [-0.4, -0.2) is 27.4 Å². The van der Waals surface area contributed by atoms with Crippen molar-refractivity contribution in [3.63, 3.8) is 0 Å². The standard InChI is InChI=1S/C27H31N5O2.H2/c1-17-4-10-22(12-17)32-16-21(9-11-26(32)34)24-15-30-18(2)27(31-24)25(33)13-23(28)20-7-5-19(6-8-20)14-29-3;/h5-9,11,13,15-17,22,29H,4,10,12,14,28H2,1-3H3;1H. The molecule has 2 heterocycles. The minimum Gasteiger partial charge on any atom is -0.398 e. The van der Waals surface area contributed by atoms with E-state index in [2.05, 4.69) is 22.2 Å². The Balaban J connectivity index is 0.00000342. The van der Waals surface area contributed by atoms with Crippen molar-refractivity contribution in [2.24, 2.45) is 11.7 Å². The van der Waals surface area contributed by atoms with E-state index in [1.54, 1.807) is 29.8 Å². The fraction of sp³-hybridized carbons (Fsp3) is 0.333. The molecule has 2 aromatic heterocycles. The molecule has 0 amide bonds. The molecule has 0 aliphatic heterocycles.